The fourth-order valence-corrected chi connectivity index (χ4v) is 2.74. The Morgan fingerprint density at radius 1 is 1.26 bits per heavy atom. The van der Waals surface area contributed by atoms with Gasteiger partial charge in [-0.15, -0.1) is 0 Å². The second kappa shape index (κ2) is 7.65. The predicted molar refractivity (Wildman–Crippen MR) is 83.0 cm³/mol. The number of rotatable bonds is 6. The van der Waals surface area contributed by atoms with Crippen LogP contribution >= 0.6 is 15.9 Å². The van der Waals surface area contributed by atoms with Crippen molar-refractivity contribution in [2.24, 2.45) is 5.92 Å². The summed E-state index contributed by atoms with van der Waals surface area (Å²) in [6.07, 6.45) is 0.828. The van der Waals surface area contributed by atoms with Crippen molar-refractivity contribution in [2.75, 3.05) is 7.05 Å². The number of benzene rings is 1. The van der Waals surface area contributed by atoms with E-state index in [1.54, 1.807) is 7.05 Å². The van der Waals surface area contributed by atoms with Crippen LogP contribution in [0.2, 0.25) is 0 Å². The van der Waals surface area contributed by atoms with Gasteiger partial charge >= 0.3 is 0 Å². The topological polar surface area (TPSA) is 41.1 Å². The number of carbonyl (C=O) groups excluding carboxylic acids is 1. The van der Waals surface area contributed by atoms with Gasteiger partial charge in [-0.1, -0.05) is 48.0 Å². The molecule has 19 heavy (non-hydrogen) atoms. The number of hydrogen-bond donors (Lipinski definition) is 2. The van der Waals surface area contributed by atoms with Gasteiger partial charge in [-0.25, -0.2) is 0 Å². The SMILES string of the molecule is CNC(=O)C(CC(C)C)NC(C)c1ccccc1Br. The fourth-order valence-electron chi connectivity index (χ4n) is 2.11. The molecule has 3 nitrogen and oxygen atoms in total. The molecule has 0 aliphatic heterocycles. The van der Waals surface area contributed by atoms with Gasteiger partial charge in [0.15, 0.2) is 0 Å². The van der Waals surface area contributed by atoms with E-state index in [1.165, 1.54) is 5.56 Å². The average molecular weight is 327 g/mol. The molecule has 2 atom stereocenters. The minimum absolute atomic E-state index is 0.0487. The lowest BCUT2D eigenvalue weighted by Gasteiger charge is -2.24. The van der Waals surface area contributed by atoms with Gasteiger partial charge in [-0.3, -0.25) is 10.1 Å². The minimum atomic E-state index is -0.160. The Morgan fingerprint density at radius 2 is 1.89 bits per heavy atom. The zero-order valence-corrected chi connectivity index (χ0v) is 13.6. The Kier molecular flexibility index (Phi) is 6.52. The highest BCUT2D eigenvalue weighted by atomic mass is 79.9. The van der Waals surface area contributed by atoms with Crippen molar-refractivity contribution >= 4 is 21.8 Å². The molecule has 0 radical (unpaired) electrons. The van der Waals surface area contributed by atoms with Gasteiger partial charge in [0, 0.05) is 17.6 Å². The molecular weight excluding hydrogens is 304 g/mol. The van der Waals surface area contributed by atoms with E-state index < -0.39 is 0 Å². The fraction of sp³-hybridized carbons (Fsp3) is 0.533. The van der Waals surface area contributed by atoms with Crippen LogP contribution in [0, 0.1) is 5.92 Å². The summed E-state index contributed by atoms with van der Waals surface area (Å²) in [5, 5.41) is 6.14. The zero-order valence-electron chi connectivity index (χ0n) is 12.0. The molecule has 1 aromatic rings. The van der Waals surface area contributed by atoms with E-state index in [1.807, 2.05) is 18.2 Å². The molecule has 2 unspecified atom stereocenters. The van der Waals surface area contributed by atoms with Crippen LogP contribution in [0.3, 0.4) is 0 Å². The van der Waals surface area contributed by atoms with Gasteiger partial charge in [0.05, 0.1) is 6.04 Å². The highest BCUT2D eigenvalue weighted by Crippen LogP contribution is 2.23. The van der Waals surface area contributed by atoms with Gasteiger partial charge in [0.25, 0.3) is 0 Å². The van der Waals surface area contributed by atoms with Crippen LogP contribution < -0.4 is 10.6 Å². The molecule has 0 heterocycles. The molecule has 2 N–H and O–H groups in total. The van der Waals surface area contributed by atoms with E-state index in [0.29, 0.717) is 5.92 Å². The summed E-state index contributed by atoms with van der Waals surface area (Å²) in [6, 6.07) is 8.05. The molecule has 0 aromatic heterocycles. The quantitative estimate of drug-likeness (QED) is 0.842. The average Bonchev–Trinajstić information content (AvgIpc) is 2.36. The van der Waals surface area contributed by atoms with E-state index in [-0.39, 0.29) is 18.0 Å². The zero-order chi connectivity index (χ0) is 14.4. The molecule has 1 rings (SSSR count). The van der Waals surface area contributed by atoms with Gasteiger partial charge in [-0.05, 0) is 30.9 Å². The van der Waals surface area contributed by atoms with Crippen LogP contribution in [0.15, 0.2) is 28.7 Å². The van der Waals surface area contributed by atoms with Crippen LogP contribution in [0.5, 0.6) is 0 Å². The standard InChI is InChI=1S/C15H23BrN2O/c1-10(2)9-14(15(19)17-4)18-11(3)12-7-5-6-8-13(12)16/h5-8,10-11,14,18H,9H2,1-4H3,(H,17,19). The first-order valence-corrected chi connectivity index (χ1v) is 7.47. The lowest BCUT2D eigenvalue weighted by atomic mass is 10.0. The smallest absolute Gasteiger partial charge is 0.236 e. The second-order valence-electron chi connectivity index (χ2n) is 5.21. The second-order valence-corrected chi connectivity index (χ2v) is 6.06. The van der Waals surface area contributed by atoms with Crippen molar-refractivity contribution in [2.45, 2.75) is 39.3 Å². The molecule has 4 heteroatoms. The van der Waals surface area contributed by atoms with Crippen molar-refractivity contribution in [1.82, 2.24) is 10.6 Å². The summed E-state index contributed by atoms with van der Waals surface area (Å²) in [5.41, 5.74) is 1.17. The number of nitrogens with one attached hydrogen (secondary N) is 2. The molecule has 0 bridgehead atoms. The van der Waals surface area contributed by atoms with Crippen molar-refractivity contribution in [3.63, 3.8) is 0 Å². The number of halogens is 1. The maximum Gasteiger partial charge on any atom is 0.236 e. The highest BCUT2D eigenvalue weighted by Gasteiger charge is 2.21. The summed E-state index contributed by atoms with van der Waals surface area (Å²) in [7, 11) is 1.68. The summed E-state index contributed by atoms with van der Waals surface area (Å²) in [5.74, 6) is 0.522. The lowest BCUT2D eigenvalue weighted by molar-refractivity contribution is -0.123. The minimum Gasteiger partial charge on any atom is -0.358 e. The third kappa shape index (κ3) is 4.96. The predicted octanol–water partition coefficient (Wildman–Crippen LogP) is 3.26. The Hall–Kier alpha value is -0.870. The van der Waals surface area contributed by atoms with Crippen molar-refractivity contribution in [1.29, 1.82) is 0 Å². The molecular formula is C15H23BrN2O. The largest absolute Gasteiger partial charge is 0.358 e. The Morgan fingerprint density at radius 3 is 2.42 bits per heavy atom. The van der Waals surface area contributed by atoms with E-state index in [4.69, 9.17) is 0 Å². The summed E-state index contributed by atoms with van der Waals surface area (Å²) in [6.45, 7) is 6.33. The van der Waals surface area contributed by atoms with Crippen molar-refractivity contribution < 1.29 is 4.79 Å². The molecule has 0 saturated heterocycles. The molecule has 1 aromatic carbocycles. The van der Waals surface area contributed by atoms with Crippen LogP contribution in [0.4, 0.5) is 0 Å². The molecule has 0 saturated carbocycles. The summed E-state index contributed by atoms with van der Waals surface area (Å²) < 4.78 is 1.07. The maximum atomic E-state index is 11.9. The number of hydrogen-bond acceptors (Lipinski definition) is 2. The molecule has 1 amide bonds. The van der Waals surface area contributed by atoms with E-state index in [2.05, 4.69) is 53.4 Å². The van der Waals surface area contributed by atoms with E-state index in [9.17, 15) is 4.79 Å². The normalized spacial score (nSPS) is 14.2. The number of amides is 1. The van der Waals surface area contributed by atoms with Crippen LogP contribution in [0.25, 0.3) is 0 Å². The third-order valence-corrected chi connectivity index (χ3v) is 3.82. The van der Waals surface area contributed by atoms with Crippen LogP contribution in [0.1, 0.15) is 38.8 Å². The van der Waals surface area contributed by atoms with Crippen LogP contribution in [-0.2, 0) is 4.79 Å². The first kappa shape index (κ1) is 16.2. The third-order valence-electron chi connectivity index (χ3n) is 3.09. The first-order chi connectivity index (χ1) is 8.95. The maximum absolute atomic E-state index is 11.9. The van der Waals surface area contributed by atoms with Gasteiger partial charge in [0.1, 0.15) is 0 Å². The Bertz CT molecular complexity index is 420. The van der Waals surface area contributed by atoms with Gasteiger partial charge < -0.3 is 5.32 Å². The summed E-state index contributed by atoms with van der Waals surface area (Å²) in [4.78, 5) is 11.9. The molecule has 0 aliphatic carbocycles. The highest BCUT2D eigenvalue weighted by molar-refractivity contribution is 9.10. The van der Waals surface area contributed by atoms with Crippen molar-refractivity contribution in [3.8, 4) is 0 Å². The number of likely N-dealkylation sites (N-methyl/N-ethyl adjacent to an activating group) is 1. The van der Waals surface area contributed by atoms with Gasteiger partial charge in [-0.2, -0.15) is 0 Å². The number of carbonyl (C=O) groups is 1. The van der Waals surface area contributed by atoms with Crippen molar-refractivity contribution in [3.05, 3.63) is 34.3 Å². The Balaban J connectivity index is 2.78. The van der Waals surface area contributed by atoms with E-state index >= 15 is 0 Å². The first-order valence-electron chi connectivity index (χ1n) is 6.67. The lowest BCUT2D eigenvalue weighted by Crippen LogP contribution is -2.44. The molecule has 0 spiro atoms. The monoisotopic (exact) mass is 326 g/mol. The van der Waals surface area contributed by atoms with Gasteiger partial charge in [0.2, 0.25) is 5.91 Å². The molecule has 0 fully saturated rings. The Labute approximate surface area is 124 Å². The van der Waals surface area contributed by atoms with E-state index in [0.717, 1.165) is 10.9 Å². The molecule has 0 aliphatic rings. The molecule has 106 valence electrons. The van der Waals surface area contributed by atoms with Crippen LogP contribution in [-0.4, -0.2) is 19.0 Å². The summed E-state index contributed by atoms with van der Waals surface area (Å²) >= 11 is 3.55.